The summed E-state index contributed by atoms with van der Waals surface area (Å²) in [6.07, 6.45) is 4.12. The minimum Gasteiger partial charge on any atom is -0.400 e. The van der Waals surface area contributed by atoms with Crippen molar-refractivity contribution in [3.05, 3.63) is 113 Å². The van der Waals surface area contributed by atoms with Gasteiger partial charge in [0.15, 0.2) is 8.32 Å². The second kappa shape index (κ2) is 9.62. The molecule has 1 aromatic heterocycles. The van der Waals surface area contributed by atoms with Crippen molar-refractivity contribution in [2.45, 2.75) is 84.2 Å². The molecule has 2 heterocycles. The summed E-state index contributed by atoms with van der Waals surface area (Å²) < 4.78 is 12.2. The van der Waals surface area contributed by atoms with Crippen molar-refractivity contribution in [1.29, 1.82) is 0 Å². The van der Waals surface area contributed by atoms with Crippen LogP contribution < -0.4 is 4.57 Å². The second-order valence-corrected chi connectivity index (χ2v) is 17.2. The number of hydrogen-bond donors (Lipinski definition) is 0. The van der Waals surface area contributed by atoms with Gasteiger partial charge in [-0.3, -0.25) is 0 Å². The number of aromatic nitrogens is 3. The van der Waals surface area contributed by atoms with Gasteiger partial charge >= 0.3 is 0 Å². The third-order valence-corrected chi connectivity index (χ3v) is 13.1. The van der Waals surface area contributed by atoms with Crippen LogP contribution in [0.4, 0.5) is 0 Å². The highest BCUT2D eigenvalue weighted by Gasteiger charge is 2.55. The van der Waals surface area contributed by atoms with E-state index in [0.717, 1.165) is 18.7 Å². The Balaban J connectivity index is 1.74. The standard InChI is InChI=1S/C33H42N3OSi/c1-24-21-25(2)31(26(3)22-24)36-23-35-29(19-20-30(35)34-36)33(27-15-11-9-12-16-27,28-17-13-10-14-18-28)37-38(7,8)32(4,5)6/h9-18,21-23,29H,19-20H2,1-8H3/q+1/t29-/m0/s1. The van der Waals surface area contributed by atoms with Crippen LogP contribution in [0.25, 0.3) is 5.69 Å². The van der Waals surface area contributed by atoms with Gasteiger partial charge in [0, 0.05) is 11.5 Å². The molecule has 4 aromatic rings. The normalized spacial score (nSPS) is 16.1. The summed E-state index contributed by atoms with van der Waals surface area (Å²) in [7, 11) is -2.22. The van der Waals surface area contributed by atoms with Crippen molar-refractivity contribution in [2.24, 2.45) is 0 Å². The molecule has 0 saturated carbocycles. The fourth-order valence-corrected chi connectivity index (χ4v) is 7.42. The first-order chi connectivity index (χ1) is 17.9. The molecule has 0 fully saturated rings. The number of rotatable bonds is 6. The molecule has 5 heteroatoms. The number of hydrogen-bond acceptors (Lipinski definition) is 2. The van der Waals surface area contributed by atoms with E-state index >= 15 is 0 Å². The topological polar surface area (TPSA) is 30.9 Å². The van der Waals surface area contributed by atoms with E-state index in [9.17, 15) is 0 Å². The summed E-state index contributed by atoms with van der Waals surface area (Å²) >= 11 is 0. The van der Waals surface area contributed by atoms with Crippen LogP contribution in [0.3, 0.4) is 0 Å². The summed E-state index contributed by atoms with van der Waals surface area (Å²) in [5, 5.41) is 5.21. The van der Waals surface area contributed by atoms with Crippen LogP contribution in [-0.2, 0) is 16.4 Å². The molecular weight excluding hydrogens is 482 g/mol. The summed E-state index contributed by atoms with van der Waals surface area (Å²) in [5.41, 5.74) is 6.72. The molecule has 0 saturated heterocycles. The Labute approximate surface area is 229 Å². The molecule has 38 heavy (non-hydrogen) atoms. The van der Waals surface area contributed by atoms with Gasteiger partial charge in [0.25, 0.3) is 5.82 Å². The molecular formula is C33H42N3OSi+. The molecule has 0 radical (unpaired) electrons. The van der Waals surface area contributed by atoms with Crippen LogP contribution in [0.2, 0.25) is 18.1 Å². The fraction of sp³-hybridized carbons (Fsp3) is 0.394. The van der Waals surface area contributed by atoms with Gasteiger partial charge in [-0.15, -0.1) is 0 Å². The maximum Gasteiger partial charge on any atom is 0.278 e. The van der Waals surface area contributed by atoms with E-state index in [4.69, 9.17) is 9.52 Å². The van der Waals surface area contributed by atoms with E-state index in [1.54, 1.807) is 0 Å². The lowest BCUT2D eigenvalue weighted by molar-refractivity contribution is -0.730. The van der Waals surface area contributed by atoms with Crippen LogP contribution in [-0.4, -0.2) is 18.1 Å². The van der Waals surface area contributed by atoms with Gasteiger partial charge in [0.2, 0.25) is 6.33 Å². The first-order valence-electron chi connectivity index (χ1n) is 13.8. The Morgan fingerprint density at radius 2 is 1.39 bits per heavy atom. The molecule has 5 rings (SSSR count). The van der Waals surface area contributed by atoms with Gasteiger partial charge in [-0.2, -0.15) is 0 Å². The Bertz CT molecular complexity index is 1370. The molecule has 0 spiro atoms. The predicted octanol–water partition coefficient (Wildman–Crippen LogP) is 7.54. The van der Waals surface area contributed by atoms with Crippen LogP contribution in [0, 0.1) is 20.8 Å². The average Bonchev–Trinajstić information content (AvgIpc) is 3.43. The molecule has 0 unspecified atom stereocenters. The molecule has 0 amide bonds. The maximum atomic E-state index is 7.66. The largest absolute Gasteiger partial charge is 0.400 e. The van der Waals surface area contributed by atoms with Crippen LogP contribution >= 0.6 is 0 Å². The average molecular weight is 525 g/mol. The van der Waals surface area contributed by atoms with Crippen LogP contribution in [0.1, 0.15) is 66.9 Å². The molecule has 0 bridgehead atoms. The quantitative estimate of drug-likeness (QED) is 0.193. The van der Waals surface area contributed by atoms with E-state index in [1.807, 2.05) is 0 Å². The van der Waals surface area contributed by atoms with Crippen molar-refractivity contribution in [2.75, 3.05) is 0 Å². The maximum absolute atomic E-state index is 7.66. The fourth-order valence-electron chi connectivity index (χ4n) is 5.94. The highest BCUT2D eigenvalue weighted by atomic mass is 28.4. The second-order valence-electron chi connectivity index (χ2n) is 12.5. The van der Waals surface area contributed by atoms with Crippen molar-refractivity contribution in [1.82, 2.24) is 9.78 Å². The van der Waals surface area contributed by atoms with Gasteiger partial charge in [0.05, 0.1) is 0 Å². The van der Waals surface area contributed by atoms with Gasteiger partial charge < -0.3 is 4.43 Å². The van der Waals surface area contributed by atoms with E-state index in [2.05, 4.69) is 143 Å². The first-order valence-corrected chi connectivity index (χ1v) is 16.7. The molecule has 4 nitrogen and oxygen atoms in total. The Kier molecular flexibility index (Phi) is 6.73. The lowest BCUT2D eigenvalue weighted by Crippen LogP contribution is -2.57. The summed E-state index contributed by atoms with van der Waals surface area (Å²) in [4.78, 5) is 0. The third-order valence-electron chi connectivity index (χ3n) is 8.69. The number of fused-ring (bicyclic) bond motifs is 1. The Hall–Kier alpha value is -3.02. The Morgan fingerprint density at radius 3 is 1.89 bits per heavy atom. The first kappa shape index (κ1) is 26.6. The monoisotopic (exact) mass is 524 g/mol. The molecule has 1 atom stereocenters. The number of benzene rings is 3. The third kappa shape index (κ3) is 4.46. The molecule has 198 valence electrons. The number of nitrogens with zero attached hydrogens (tertiary/aromatic N) is 3. The highest BCUT2D eigenvalue weighted by Crippen LogP contribution is 2.50. The minimum atomic E-state index is -2.22. The van der Waals surface area contributed by atoms with E-state index < -0.39 is 13.9 Å². The zero-order valence-corrected chi connectivity index (χ0v) is 25.2. The Morgan fingerprint density at radius 1 is 0.868 bits per heavy atom. The molecule has 0 aliphatic carbocycles. The highest BCUT2D eigenvalue weighted by molar-refractivity contribution is 6.74. The summed E-state index contributed by atoms with van der Waals surface area (Å²) in [5.74, 6) is 1.12. The zero-order chi connectivity index (χ0) is 27.3. The van der Waals surface area contributed by atoms with Crippen LogP contribution in [0.15, 0.2) is 79.1 Å². The van der Waals surface area contributed by atoms with Gasteiger partial charge in [-0.05, 0) is 67.6 Å². The van der Waals surface area contributed by atoms with Crippen molar-refractivity contribution < 1.29 is 8.99 Å². The van der Waals surface area contributed by atoms with Crippen molar-refractivity contribution >= 4 is 8.32 Å². The lowest BCUT2D eigenvalue weighted by Gasteiger charge is -2.48. The molecule has 3 aromatic carbocycles. The minimum absolute atomic E-state index is 0.0637. The van der Waals surface area contributed by atoms with Crippen molar-refractivity contribution in [3.8, 4) is 5.69 Å². The SMILES string of the molecule is Cc1cc(C)c(-n2c[n+]3c(n2)CC[C@H]3C(O[Si](C)(C)C(C)(C)C)(c2ccccc2)c2ccccc2)c(C)c1. The van der Waals surface area contributed by atoms with E-state index in [-0.39, 0.29) is 11.1 Å². The van der Waals surface area contributed by atoms with Crippen LogP contribution in [0.5, 0.6) is 0 Å². The number of aryl methyl sites for hydroxylation is 4. The van der Waals surface area contributed by atoms with Gasteiger partial charge in [0.1, 0.15) is 17.3 Å². The zero-order valence-electron chi connectivity index (χ0n) is 24.2. The predicted molar refractivity (Wildman–Crippen MR) is 157 cm³/mol. The summed E-state index contributed by atoms with van der Waals surface area (Å²) in [6.45, 7) is 18.2. The molecule has 0 N–H and O–H groups in total. The molecule has 1 aliphatic heterocycles. The van der Waals surface area contributed by atoms with Crippen molar-refractivity contribution in [3.63, 3.8) is 0 Å². The van der Waals surface area contributed by atoms with Gasteiger partial charge in [-0.25, -0.2) is 4.57 Å². The molecule has 1 aliphatic rings. The van der Waals surface area contributed by atoms with Gasteiger partial charge in [-0.1, -0.05) is 104 Å². The lowest BCUT2D eigenvalue weighted by atomic mass is 9.79. The van der Waals surface area contributed by atoms with E-state index in [0.29, 0.717) is 0 Å². The summed E-state index contributed by atoms with van der Waals surface area (Å²) in [6, 6.07) is 26.3. The van der Waals surface area contributed by atoms with E-state index in [1.165, 1.54) is 33.5 Å². The smallest absolute Gasteiger partial charge is 0.278 e.